The molecule has 0 saturated heterocycles. The Morgan fingerprint density at radius 1 is 1.26 bits per heavy atom. The number of hydrogen-bond donors (Lipinski definition) is 0. The van der Waals surface area contributed by atoms with E-state index in [9.17, 15) is 4.79 Å². The van der Waals surface area contributed by atoms with E-state index < -0.39 is 0 Å². The molecular formula is C20H20N4O2S. The normalized spacial score (nSPS) is 16.1. The van der Waals surface area contributed by atoms with Crippen molar-refractivity contribution in [3.05, 3.63) is 63.0 Å². The molecule has 138 valence electrons. The van der Waals surface area contributed by atoms with Crippen LogP contribution in [0.4, 0.5) is 0 Å². The summed E-state index contributed by atoms with van der Waals surface area (Å²) in [7, 11) is 0. The standard InChI is InChI=1S/C20H20N4O2S/c1-20(2)10-14-15(11-26-20)27-18-16(14)17(25)23(19-22-21-12-24(18)19)9-8-13-6-4-3-5-7-13/h3-7,12H,8-11H2,1-2H3. The van der Waals surface area contributed by atoms with Crippen LogP contribution in [0.25, 0.3) is 16.0 Å². The van der Waals surface area contributed by atoms with Crippen LogP contribution in [0, 0.1) is 0 Å². The maximum absolute atomic E-state index is 13.5. The van der Waals surface area contributed by atoms with E-state index in [2.05, 4.69) is 36.2 Å². The van der Waals surface area contributed by atoms with Crippen molar-refractivity contribution in [2.45, 2.75) is 45.4 Å². The molecule has 0 fully saturated rings. The number of hydrogen-bond acceptors (Lipinski definition) is 5. The van der Waals surface area contributed by atoms with Crippen molar-refractivity contribution >= 4 is 27.3 Å². The number of rotatable bonds is 3. The molecule has 0 N–H and O–H groups in total. The van der Waals surface area contributed by atoms with Gasteiger partial charge in [-0.2, -0.15) is 0 Å². The highest BCUT2D eigenvalue weighted by atomic mass is 32.1. The van der Waals surface area contributed by atoms with Gasteiger partial charge in [0, 0.05) is 17.8 Å². The molecule has 5 rings (SSSR count). The van der Waals surface area contributed by atoms with Crippen molar-refractivity contribution in [2.75, 3.05) is 0 Å². The fourth-order valence-electron chi connectivity index (χ4n) is 3.80. The zero-order valence-electron chi connectivity index (χ0n) is 15.3. The summed E-state index contributed by atoms with van der Waals surface area (Å²) in [6.07, 6.45) is 3.21. The van der Waals surface area contributed by atoms with Gasteiger partial charge in [0.05, 0.1) is 17.6 Å². The van der Waals surface area contributed by atoms with E-state index in [0.29, 0.717) is 18.9 Å². The lowest BCUT2D eigenvalue weighted by Gasteiger charge is -2.29. The Balaban J connectivity index is 1.69. The smallest absolute Gasteiger partial charge is 0.263 e. The van der Waals surface area contributed by atoms with Gasteiger partial charge in [-0.05, 0) is 31.4 Å². The summed E-state index contributed by atoms with van der Waals surface area (Å²) >= 11 is 1.62. The monoisotopic (exact) mass is 380 g/mol. The highest BCUT2D eigenvalue weighted by molar-refractivity contribution is 7.18. The molecule has 4 aromatic rings. The van der Waals surface area contributed by atoms with Crippen molar-refractivity contribution in [2.24, 2.45) is 0 Å². The molecule has 0 atom stereocenters. The predicted octanol–water partition coefficient (Wildman–Crippen LogP) is 3.20. The molecule has 0 unspecified atom stereocenters. The Morgan fingerprint density at radius 2 is 2.07 bits per heavy atom. The number of thiophene rings is 1. The van der Waals surface area contributed by atoms with Crippen LogP contribution >= 0.6 is 11.3 Å². The van der Waals surface area contributed by atoms with Gasteiger partial charge in [0.15, 0.2) is 0 Å². The molecule has 0 bridgehead atoms. The van der Waals surface area contributed by atoms with Gasteiger partial charge in [0.2, 0.25) is 5.78 Å². The van der Waals surface area contributed by atoms with E-state index >= 15 is 0 Å². The predicted molar refractivity (Wildman–Crippen MR) is 105 cm³/mol. The molecular weight excluding hydrogens is 360 g/mol. The molecule has 1 aromatic carbocycles. The molecule has 0 radical (unpaired) electrons. The zero-order chi connectivity index (χ0) is 18.6. The van der Waals surface area contributed by atoms with Crippen molar-refractivity contribution in [3.8, 4) is 0 Å². The summed E-state index contributed by atoms with van der Waals surface area (Å²) in [5.74, 6) is 0.599. The van der Waals surface area contributed by atoms with Crippen LogP contribution in [0.2, 0.25) is 0 Å². The lowest BCUT2D eigenvalue weighted by atomic mass is 9.94. The largest absolute Gasteiger partial charge is 0.370 e. The Kier molecular flexibility index (Phi) is 3.70. The maximum atomic E-state index is 13.5. The molecule has 1 aliphatic heterocycles. The number of aryl methyl sites for hydroxylation is 2. The van der Waals surface area contributed by atoms with E-state index in [4.69, 9.17) is 4.74 Å². The molecule has 0 spiro atoms. The van der Waals surface area contributed by atoms with Crippen LogP contribution in [-0.2, 0) is 30.7 Å². The molecule has 4 heterocycles. The highest BCUT2D eigenvalue weighted by Gasteiger charge is 2.31. The summed E-state index contributed by atoms with van der Waals surface area (Å²) in [4.78, 5) is 15.5. The minimum Gasteiger partial charge on any atom is -0.370 e. The van der Waals surface area contributed by atoms with E-state index in [1.807, 2.05) is 22.6 Å². The molecule has 0 saturated carbocycles. The zero-order valence-corrected chi connectivity index (χ0v) is 16.1. The van der Waals surface area contributed by atoms with Crippen LogP contribution in [-0.4, -0.2) is 24.8 Å². The van der Waals surface area contributed by atoms with Gasteiger partial charge in [-0.1, -0.05) is 30.3 Å². The fourth-order valence-corrected chi connectivity index (χ4v) is 4.99. The first-order valence-corrected chi connectivity index (χ1v) is 9.90. The Morgan fingerprint density at radius 3 is 2.89 bits per heavy atom. The molecule has 3 aromatic heterocycles. The summed E-state index contributed by atoms with van der Waals surface area (Å²) in [5.41, 5.74) is 2.09. The third-order valence-electron chi connectivity index (χ3n) is 5.18. The van der Waals surface area contributed by atoms with Gasteiger partial charge in [-0.25, -0.2) is 0 Å². The second-order valence-electron chi connectivity index (χ2n) is 7.60. The molecule has 0 aliphatic carbocycles. The highest BCUT2D eigenvalue weighted by Crippen LogP contribution is 2.37. The molecule has 6 nitrogen and oxygen atoms in total. The first kappa shape index (κ1) is 16.6. The average Bonchev–Trinajstić information content (AvgIpc) is 3.26. The van der Waals surface area contributed by atoms with Gasteiger partial charge >= 0.3 is 0 Å². The third-order valence-corrected chi connectivity index (χ3v) is 6.39. The van der Waals surface area contributed by atoms with Crippen LogP contribution < -0.4 is 5.56 Å². The van der Waals surface area contributed by atoms with Crippen molar-refractivity contribution in [3.63, 3.8) is 0 Å². The van der Waals surface area contributed by atoms with E-state index in [1.165, 1.54) is 5.56 Å². The van der Waals surface area contributed by atoms with Crippen LogP contribution in [0.3, 0.4) is 0 Å². The topological polar surface area (TPSA) is 61.4 Å². The molecule has 27 heavy (non-hydrogen) atoms. The maximum Gasteiger partial charge on any atom is 0.263 e. The number of nitrogens with zero attached hydrogens (tertiary/aromatic N) is 4. The Hall–Kier alpha value is -2.51. The SMILES string of the molecule is CC1(C)Cc2c(sc3c2c(=O)n(CCc2ccccc2)c2nncn32)CO1. The van der Waals surface area contributed by atoms with Gasteiger partial charge in [0.1, 0.15) is 11.2 Å². The lowest BCUT2D eigenvalue weighted by molar-refractivity contribution is -0.0379. The average molecular weight is 380 g/mol. The number of benzene rings is 1. The quantitative estimate of drug-likeness (QED) is 0.548. The number of ether oxygens (including phenoxy) is 1. The molecule has 7 heteroatoms. The van der Waals surface area contributed by atoms with E-state index in [1.54, 1.807) is 22.2 Å². The minimum atomic E-state index is -0.259. The lowest BCUT2D eigenvalue weighted by Crippen LogP contribution is -2.32. The van der Waals surface area contributed by atoms with E-state index in [-0.39, 0.29) is 11.2 Å². The summed E-state index contributed by atoms with van der Waals surface area (Å²) in [5, 5.41) is 9.10. The second kappa shape index (κ2) is 6.00. The summed E-state index contributed by atoms with van der Waals surface area (Å²) in [6.45, 7) is 5.27. The molecule has 0 amide bonds. The van der Waals surface area contributed by atoms with Crippen LogP contribution in [0.5, 0.6) is 0 Å². The van der Waals surface area contributed by atoms with Gasteiger partial charge in [-0.3, -0.25) is 13.8 Å². The Bertz CT molecular complexity index is 1200. The van der Waals surface area contributed by atoms with Gasteiger partial charge in [0.25, 0.3) is 5.56 Å². The number of aromatic nitrogens is 4. The Labute approximate surface area is 160 Å². The first-order valence-electron chi connectivity index (χ1n) is 9.08. The summed E-state index contributed by atoms with van der Waals surface area (Å²) in [6, 6.07) is 10.2. The first-order chi connectivity index (χ1) is 13.0. The summed E-state index contributed by atoms with van der Waals surface area (Å²) < 4.78 is 9.66. The van der Waals surface area contributed by atoms with Crippen molar-refractivity contribution < 1.29 is 4.74 Å². The second-order valence-corrected chi connectivity index (χ2v) is 8.69. The van der Waals surface area contributed by atoms with Crippen LogP contribution in [0.15, 0.2) is 41.5 Å². The van der Waals surface area contributed by atoms with Gasteiger partial charge in [-0.15, -0.1) is 21.5 Å². The van der Waals surface area contributed by atoms with Gasteiger partial charge < -0.3 is 4.74 Å². The van der Waals surface area contributed by atoms with Crippen LogP contribution in [0.1, 0.15) is 29.9 Å². The fraction of sp³-hybridized carbons (Fsp3) is 0.350. The van der Waals surface area contributed by atoms with E-state index in [0.717, 1.165) is 33.5 Å². The minimum absolute atomic E-state index is 0.0247. The van der Waals surface area contributed by atoms with Crippen molar-refractivity contribution in [1.82, 2.24) is 19.2 Å². The third kappa shape index (κ3) is 2.69. The number of fused-ring (bicyclic) bond motifs is 5. The van der Waals surface area contributed by atoms with Crippen molar-refractivity contribution in [1.29, 1.82) is 0 Å². The molecule has 1 aliphatic rings.